The first-order valence-corrected chi connectivity index (χ1v) is 10.0. The Morgan fingerprint density at radius 3 is 2.61 bits per heavy atom. The Kier molecular flexibility index (Phi) is 6.25. The number of hydrogen-bond acceptors (Lipinski definition) is 3. The summed E-state index contributed by atoms with van der Waals surface area (Å²) in [6, 6.07) is 14.7. The predicted octanol–water partition coefficient (Wildman–Crippen LogP) is 6.32. The molecule has 2 aromatic carbocycles. The molecule has 148 valence electrons. The standard InChI is InChI=1S/C25H31NO2/c1-6-7-10-15-28-18(2)22-17-25(3,4)26-23-14-13-19(16-21(22)23)20-11-8-9-12-24(20)27-5/h7-14,16-18,26H,6,15H2,1-5H3/b10-7+. The lowest BCUT2D eigenvalue weighted by Gasteiger charge is -2.34. The number of methoxy groups -OCH3 is 1. The summed E-state index contributed by atoms with van der Waals surface area (Å²) in [6.07, 6.45) is 7.56. The molecule has 1 aliphatic heterocycles. The molecule has 1 unspecified atom stereocenters. The van der Waals surface area contributed by atoms with Crippen LogP contribution in [-0.2, 0) is 4.74 Å². The van der Waals surface area contributed by atoms with Gasteiger partial charge in [0.2, 0.25) is 0 Å². The number of anilines is 1. The van der Waals surface area contributed by atoms with Crippen LogP contribution in [0.1, 0.15) is 39.7 Å². The van der Waals surface area contributed by atoms with E-state index >= 15 is 0 Å². The molecule has 0 aromatic heterocycles. The average Bonchev–Trinajstić information content (AvgIpc) is 2.69. The number of nitrogens with one attached hydrogen (secondary N) is 1. The largest absolute Gasteiger partial charge is 0.496 e. The molecular weight excluding hydrogens is 346 g/mol. The van der Waals surface area contributed by atoms with E-state index in [9.17, 15) is 0 Å². The minimum Gasteiger partial charge on any atom is -0.496 e. The molecule has 0 radical (unpaired) electrons. The fourth-order valence-corrected chi connectivity index (χ4v) is 3.65. The lowest BCUT2D eigenvalue weighted by Crippen LogP contribution is -2.33. The molecule has 0 spiro atoms. The number of rotatable bonds is 7. The summed E-state index contributed by atoms with van der Waals surface area (Å²) in [6.45, 7) is 9.27. The number of fused-ring (bicyclic) bond motifs is 1. The van der Waals surface area contributed by atoms with Crippen molar-refractivity contribution in [2.24, 2.45) is 0 Å². The van der Waals surface area contributed by atoms with E-state index in [1.54, 1.807) is 7.11 Å². The molecule has 1 aliphatic rings. The second-order valence-electron chi connectivity index (χ2n) is 7.76. The number of ether oxygens (including phenoxy) is 2. The van der Waals surface area contributed by atoms with Crippen LogP contribution in [0, 0.1) is 0 Å². The Morgan fingerprint density at radius 2 is 1.86 bits per heavy atom. The normalized spacial score (nSPS) is 16.2. The molecule has 1 atom stereocenters. The zero-order valence-electron chi connectivity index (χ0n) is 17.6. The molecule has 1 heterocycles. The van der Waals surface area contributed by atoms with Crippen LogP contribution < -0.4 is 10.1 Å². The second-order valence-corrected chi connectivity index (χ2v) is 7.76. The summed E-state index contributed by atoms with van der Waals surface area (Å²) < 4.78 is 11.7. The fourth-order valence-electron chi connectivity index (χ4n) is 3.65. The molecule has 28 heavy (non-hydrogen) atoms. The predicted molar refractivity (Wildman–Crippen MR) is 119 cm³/mol. The van der Waals surface area contributed by atoms with Gasteiger partial charge in [-0.25, -0.2) is 0 Å². The van der Waals surface area contributed by atoms with Crippen molar-refractivity contribution in [2.75, 3.05) is 19.0 Å². The Bertz CT molecular complexity index is 880. The molecule has 1 N–H and O–H groups in total. The van der Waals surface area contributed by atoms with Gasteiger partial charge in [-0.1, -0.05) is 49.4 Å². The van der Waals surface area contributed by atoms with Crippen molar-refractivity contribution in [3.8, 4) is 16.9 Å². The molecule has 3 rings (SSSR count). The first-order chi connectivity index (χ1) is 13.4. The van der Waals surface area contributed by atoms with E-state index in [4.69, 9.17) is 9.47 Å². The second kappa shape index (κ2) is 8.66. The maximum absolute atomic E-state index is 6.12. The number of para-hydroxylation sites is 1. The summed E-state index contributed by atoms with van der Waals surface area (Å²) in [4.78, 5) is 0. The molecule has 0 amide bonds. The van der Waals surface area contributed by atoms with Gasteiger partial charge in [0.25, 0.3) is 0 Å². The fraction of sp³-hybridized carbons (Fsp3) is 0.360. The minimum atomic E-state index is -0.120. The Labute approximate surface area is 169 Å². The monoisotopic (exact) mass is 377 g/mol. The highest BCUT2D eigenvalue weighted by Gasteiger charge is 2.27. The number of allylic oxidation sites excluding steroid dienone is 1. The molecule has 0 saturated heterocycles. The third-order valence-electron chi connectivity index (χ3n) is 5.00. The van der Waals surface area contributed by atoms with E-state index in [1.165, 1.54) is 11.1 Å². The highest BCUT2D eigenvalue weighted by molar-refractivity contribution is 5.86. The van der Waals surface area contributed by atoms with Gasteiger partial charge in [-0.15, -0.1) is 0 Å². The van der Waals surface area contributed by atoms with Gasteiger partial charge in [-0.3, -0.25) is 0 Å². The van der Waals surface area contributed by atoms with Crippen LogP contribution in [0.2, 0.25) is 0 Å². The maximum Gasteiger partial charge on any atom is 0.126 e. The lowest BCUT2D eigenvalue weighted by molar-refractivity contribution is 0.129. The summed E-state index contributed by atoms with van der Waals surface area (Å²) in [5.41, 5.74) is 5.67. The Morgan fingerprint density at radius 1 is 1.07 bits per heavy atom. The van der Waals surface area contributed by atoms with Crippen LogP contribution in [0.3, 0.4) is 0 Å². The van der Waals surface area contributed by atoms with Gasteiger partial charge in [-0.2, -0.15) is 0 Å². The highest BCUT2D eigenvalue weighted by Crippen LogP contribution is 2.40. The summed E-state index contributed by atoms with van der Waals surface area (Å²) in [5.74, 6) is 0.881. The highest BCUT2D eigenvalue weighted by atomic mass is 16.5. The van der Waals surface area contributed by atoms with Gasteiger partial charge in [0, 0.05) is 16.8 Å². The zero-order chi connectivity index (χ0) is 20.1. The van der Waals surface area contributed by atoms with Crippen molar-refractivity contribution in [2.45, 2.75) is 45.8 Å². The van der Waals surface area contributed by atoms with Gasteiger partial charge in [-0.05, 0) is 56.5 Å². The molecule has 0 aliphatic carbocycles. The maximum atomic E-state index is 6.12. The van der Waals surface area contributed by atoms with Gasteiger partial charge < -0.3 is 14.8 Å². The number of benzene rings is 2. The molecule has 0 saturated carbocycles. The summed E-state index contributed by atoms with van der Waals surface area (Å²) in [5, 5.41) is 3.63. The molecule has 0 fully saturated rings. The van der Waals surface area contributed by atoms with E-state index in [1.807, 2.05) is 18.2 Å². The van der Waals surface area contributed by atoms with Crippen LogP contribution in [0.4, 0.5) is 5.69 Å². The summed E-state index contributed by atoms with van der Waals surface area (Å²) in [7, 11) is 1.71. The molecule has 3 heteroatoms. The van der Waals surface area contributed by atoms with E-state index in [2.05, 4.69) is 75.5 Å². The third-order valence-corrected chi connectivity index (χ3v) is 5.00. The van der Waals surface area contributed by atoms with Gasteiger partial charge in [0.1, 0.15) is 5.75 Å². The van der Waals surface area contributed by atoms with Crippen LogP contribution in [-0.4, -0.2) is 25.4 Å². The molecular formula is C25H31NO2. The third kappa shape index (κ3) is 4.48. The van der Waals surface area contributed by atoms with Gasteiger partial charge in [0.05, 0.1) is 25.4 Å². The smallest absolute Gasteiger partial charge is 0.126 e. The lowest BCUT2D eigenvalue weighted by atomic mass is 9.86. The average molecular weight is 378 g/mol. The van der Waals surface area contributed by atoms with Crippen molar-refractivity contribution >= 4 is 11.3 Å². The molecule has 3 nitrogen and oxygen atoms in total. The first kappa shape index (κ1) is 20.2. The quantitative estimate of drug-likeness (QED) is 0.573. The Hall–Kier alpha value is -2.52. The van der Waals surface area contributed by atoms with Crippen molar-refractivity contribution < 1.29 is 9.47 Å². The van der Waals surface area contributed by atoms with E-state index in [0.717, 1.165) is 29.0 Å². The van der Waals surface area contributed by atoms with Crippen LogP contribution in [0.15, 0.2) is 60.7 Å². The van der Waals surface area contributed by atoms with Crippen LogP contribution in [0.5, 0.6) is 5.75 Å². The SMILES string of the molecule is CC/C=C/COC(C)C1=CC(C)(C)Nc2ccc(-c3ccccc3OC)cc21. The molecule has 2 aromatic rings. The Balaban J connectivity index is 1.98. The molecule has 0 bridgehead atoms. The summed E-state index contributed by atoms with van der Waals surface area (Å²) >= 11 is 0. The van der Waals surface area contributed by atoms with Crippen LogP contribution in [0.25, 0.3) is 16.7 Å². The van der Waals surface area contributed by atoms with Crippen LogP contribution >= 0.6 is 0 Å². The van der Waals surface area contributed by atoms with Crippen molar-refractivity contribution in [1.29, 1.82) is 0 Å². The zero-order valence-corrected chi connectivity index (χ0v) is 17.6. The number of hydrogen-bond donors (Lipinski definition) is 1. The van der Waals surface area contributed by atoms with Crippen molar-refractivity contribution in [3.63, 3.8) is 0 Å². The first-order valence-electron chi connectivity index (χ1n) is 10.0. The van der Waals surface area contributed by atoms with Gasteiger partial charge in [0.15, 0.2) is 0 Å². The van der Waals surface area contributed by atoms with Crippen molar-refractivity contribution in [3.05, 3.63) is 66.3 Å². The van der Waals surface area contributed by atoms with Crippen molar-refractivity contribution in [1.82, 2.24) is 0 Å². The van der Waals surface area contributed by atoms with Gasteiger partial charge >= 0.3 is 0 Å². The minimum absolute atomic E-state index is 0.00884. The topological polar surface area (TPSA) is 30.5 Å². The van der Waals surface area contributed by atoms with E-state index in [-0.39, 0.29) is 11.6 Å². The van der Waals surface area contributed by atoms with E-state index < -0.39 is 0 Å². The van der Waals surface area contributed by atoms with E-state index in [0.29, 0.717) is 6.61 Å².